The fraction of sp³-hybridized carbons (Fsp3) is 0.562. The van der Waals surface area contributed by atoms with E-state index in [0.29, 0.717) is 5.56 Å². The maximum atomic E-state index is 12.7. The highest BCUT2D eigenvalue weighted by Crippen LogP contribution is 2.36. The van der Waals surface area contributed by atoms with E-state index in [9.17, 15) is 18.0 Å². The monoisotopic (exact) mass is 363 g/mol. The molecule has 2 atom stereocenters. The molecule has 1 heterocycles. The van der Waals surface area contributed by atoms with Crippen LogP contribution in [0.15, 0.2) is 24.3 Å². The van der Waals surface area contributed by atoms with Gasteiger partial charge in [0.05, 0.1) is 18.2 Å². The fourth-order valence-electron chi connectivity index (χ4n) is 2.30. The van der Waals surface area contributed by atoms with Crippen LogP contribution in [0.5, 0.6) is 0 Å². The van der Waals surface area contributed by atoms with Crippen LogP contribution in [0, 0.1) is 0 Å². The Labute approximate surface area is 143 Å². The molecule has 1 saturated heterocycles. The number of hydrogen-bond acceptors (Lipinski definition) is 4. The Balaban J connectivity index is 2.13. The Morgan fingerprint density at radius 3 is 2.38 bits per heavy atom. The van der Waals surface area contributed by atoms with Gasteiger partial charge in [-0.1, -0.05) is 19.1 Å². The predicted octanol–water partition coefficient (Wildman–Crippen LogP) is 5.01. The van der Waals surface area contributed by atoms with E-state index in [4.69, 9.17) is 8.92 Å². The summed E-state index contributed by atoms with van der Waals surface area (Å²) >= 11 is 0.908. The standard InChI is InChI=1S/C16H20F3NO3S/c1-10(11-5-7-12(8-6-11)16(17,18)19)13-9-22-24-20(13)14(21)23-15(2,3)4/h5-8,10,13H,9H2,1-4H3. The molecule has 24 heavy (non-hydrogen) atoms. The van der Waals surface area contributed by atoms with Gasteiger partial charge in [-0.15, -0.1) is 0 Å². The van der Waals surface area contributed by atoms with Crippen LogP contribution in [0.25, 0.3) is 0 Å². The van der Waals surface area contributed by atoms with Gasteiger partial charge < -0.3 is 4.74 Å². The van der Waals surface area contributed by atoms with E-state index in [1.54, 1.807) is 20.8 Å². The summed E-state index contributed by atoms with van der Waals surface area (Å²) in [6.07, 6.45) is -4.88. The molecule has 1 fully saturated rings. The molecular weight excluding hydrogens is 343 g/mol. The predicted molar refractivity (Wildman–Crippen MR) is 85.3 cm³/mol. The van der Waals surface area contributed by atoms with Crippen molar-refractivity contribution in [2.24, 2.45) is 0 Å². The lowest BCUT2D eigenvalue weighted by Crippen LogP contribution is -2.39. The van der Waals surface area contributed by atoms with Gasteiger partial charge in [-0.05, 0) is 38.5 Å². The number of carbonyl (C=O) groups excluding carboxylic acids is 1. The molecule has 2 unspecified atom stereocenters. The molecule has 1 aliphatic rings. The Bertz CT molecular complexity index is 584. The van der Waals surface area contributed by atoms with Crippen molar-refractivity contribution in [1.82, 2.24) is 4.31 Å². The maximum Gasteiger partial charge on any atom is 0.422 e. The molecule has 1 aromatic rings. The van der Waals surface area contributed by atoms with Crippen LogP contribution in [0.1, 0.15) is 44.7 Å². The quantitative estimate of drug-likeness (QED) is 0.547. The SMILES string of the molecule is CC(c1ccc(C(F)(F)F)cc1)C1COSN1C(=O)OC(C)(C)C. The van der Waals surface area contributed by atoms with Crippen LogP contribution >= 0.6 is 12.2 Å². The molecule has 4 nitrogen and oxygen atoms in total. The molecule has 0 spiro atoms. The Morgan fingerprint density at radius 2 is 1.88 bits per heavy atom. The lowest BCUT2D eigenvalue weighted by atomic mass is 9.93. The first kappa shape index (κ1) is 18.9. The van der Waals surface area contributed by atoms with E-state index < -0.39 is 23.4 Å². The van der Waals surface area contributed by atoms with Crippen molar-refractivity contribution < 1.29 is 26.9 Å². The number of ether oxygens (including phenoxy) is 1. The zero-order valence-electron chi connectivity index (χ0n) is 13.9. The maximum absolute atomic E-state index is 12.7. The molecule has 8 heteroatoms. The average molecular weight is 363 g/mol. The van der Waals surface area contributed by atoms with Crippen LogP contribution in [0.2, 0.25) is 0 Å². The van der Waals surface area contributed by atoms with Crippen molar-refractivity contribution in [1.29, 1.82) is 0 Å². The van der Waals surface area contributed by atoms with E-state index in [1.165, 1.54) is 16.4 Å². The van der Waals surface area contributed by atoms with Crippen LogP contribution in [0.4, 0.5) is 18.0 Å². The summed E-state index contributed by atoms with van der Waals surface area (Å²) in [5.74, 6) is -0.199. The number of carbonyl (C=O) groups is 1. The number of amides is 1. The first-order valence-corrected chi connectivity index (χ1v) is 8.18. The number of hydrogen-bond donors (Lipinski definition) is 0. The second-order valence-electron chi connectivity index (χ2n) is 6.64. The van der Waals surface area contributed by atoms with Crippen molar-refractivity contribution in [3.8, 4) is 0 Å². The van der Waals surface area contributed by atoms with E-state index in [2.05, 4.69) is 0 Å². The summed E-state index contributed by atoms with van der Waals surface area (Å²) in [6, 6.07) is 4.65. The molecule has 0 aliphatic carbocycles. The number of halogens is 3. The molecule has 0 radical (unpaired) electrons. The number of nitrogens with zero attached hydrogens (tertiary/aromatic N) is 1. The number of rotatable bonds is 2. The molecule has 0 aromatic heterocycles. The molecule has 0 N–H and O–H groups in total. The smallest absolute Gasteiger partial charge is 0.422 e. The van der Waals surface area contributed by atoms with Gasteiger partial charge in [-0.25, -0.2) is 9.10 Å². The first-order valence-electron chi connectivity index (χ1n) is 7.48. The lowest BCUT2D eigenvalue weighted by molar-refractivity contribution is -0.137. The van der Waals surface area contributed by atoms with Crippen molar-refractivity contribution in [2.45, 2.75) is 51.4 Å². The summed E-state index contributed by atoms with van der Waals surface area (Å²) in [6.45, 7) is 7.42. The van der Waals surface area contributed by atoms with E-state index >= 15 is 0 Å². The third kappa shape index (κ3) is 4.57. The number of alkyl halides is 3. The zero-order chi connectivity index (χ0) is 18.1. The zero-order valence-corrected chi connectivity index (χ0v) is 14.7. The van der Waals surface area contributed by atoms with E-state index in [-0.39, 0.29) is 18.6 Å². The largest absolute Gasteiger partial charge is 0.443 e. The summed E-state index contributed by atoms with van der Waals surface area (Å²) in [7, 11) is 0. The van der Waals surface area contributed by atoms with Crippen molar-refractivity contribution >= 4 is 18.3 Å². The molecular formula is C16H20F3NO3S. The third-order valence-corrected chi connectivity index (χ3v) is 4.41. The molecule has 1 aromatic carbocycles. The molecule has 134 valence electrons. The average Bonchev–Trinajstić information content (AvgIpc) is 2.93. The Kier molecular flexibility index (Phi) is 5.39. The minimum Gasteiger partial charge on any atom is -0.443 e. The van der Waals surface area contributed by atoms with Crippen molar-refractivity contribution in [3.05, 3.63) is 35.4 Å². The summed E-state index contributed by atoms with van der Waals surface area (Å²) in [4.78, 5) is 12.2. The lowest BCUT2D eigenvalue weighted by Gasteiger charge is -2.29. The van der Waals surface area contributed by atoms with Gasteiger partial charge in [0.2, 0.25) is 0 Å². The second kappa shape index (κ2) is 6.84. The summed E-state index contributed by atoms with van der Waals surface area (Å²) in [5, 5.41) is 0. The molecule has 0 bridgehead atoms. The van der Waals surface area contributed by atoms with Gasteiger partial charge in [-0.2, -0.15) is 13.2 Å². The van der Waals surface area contributed by atoms with E-state index in [1.807, 2.05) is 6.92 Å². The summed E-state index contributed by atoms with van der Waals surface area (Å²) < 4.78 is 50.0. The molecule has 1 amide bonds. The topological polar surface area (TPSA) is 38.8 Å². The Hall–Kier alpha value is -1.41. The van der Waals surface area contributed by atoms with Crippen molar-refractivity contribution in [2.75, 3.05) is 6.61 Å². The van der Waals surface area contributed by atoms with Gasteiger partial charge >= 0.3 is 12.3 Å². The van der Waals surface area contributed by atoms with Crippen LogP contribution in [0.3, 0.4) is 0 Å². The van der Waals surface area contributed by atoms with Crippen molar-refractivity contribution in [3.63, 3.8) is 0 Å². The van der Waals surface area contributed by atoms with Crippen LogP contribution < -0.4 is 0 Å². The van der Waals surface area contributed by atoms with E-state index in [0.717, 1.165) is 24.4 Å². The highest BCUT2D eigenvalue weighted by Gasteiger charge is 2.39. The highest BCUT2D eigenvalue weighted by molar-refractivity contribution is 7.93. The minimum absolute atomic E-state index is 0.199. The normalized spacial score (nSPS) is 20.1. The second-order valence-corrected chi connectivity index (χ2v) is 7.42. The third-order valence-electron chi connectivity index (χ3n) is 3.59. The first-order chi connectivity index (χ1) is 11.0. The number of benzene rings is 1. The van der Waals surface area contributed by atoms with Gasteiger partial charge in [0.25, 0.3) is 0 Å². The molecule has 2 rings (SSSR count). The highest BCUT2D eigenvalue weighted by atomic mass is 32.2. The summed E-state index contributed by atoms with van der Waals surface area (Å²) in [5.41, 5.74) is -0.630. The van der Waals surface area contributed by atoms with Gasteiger partial charge in [0.15, 0.2) is 0 Å². The Morgan fingerprint density at radius 1 is 1.29 bits per heavy atom. The van der Waals surface area contributed by atoms with Crippen LogP contribution in [-0.2, 0) is 15.1 Å². The fourth-order valence-corrected chi connectivity index (χ4v) is 3.06. The van der Waals surface area contributed by atoms with Crippen LogP contribution in [-0.4, -0.2) is 28.6 Å². The molecule has 1 aliphatic heterocycles. The molecule has 0 saturated carbocycles. The van der Waals surface area contributed by atoms with Gasteiger partial charge in [-0.3, -0.25) is 4.18 Å². The van der Waals surface area contributed by atoms with Gasteiger partial charge in [0, 0.05) is 5.92 Å². The van der Waals surface area contributed by atoms with Gasteiger partial charge in [0.1, 0.15) is 17.8 Å². The minimum atomic E-state index is -4.36.